The Labute approximate surface area is 174 Å². The molecule has 0 radical (unpaired) electrons. The zero-order valence-electron chi connectivity index (χ0n) is 18.4. The number of piperidine rings is 1. The Morgan fingerprint density at radius 1 is 1.18 bits per heavy atom. The van der Waals surface area contributed by atoms with Crippen molar-refractivity contribution in [3.05, 3.63) is 23.8 Å². The lowest BCUT2D eigenvalue weighted by molar-refractivity contribution is 0.0164. The molecule has 0 spiro atoms. The molecule has 1 aromatic rings. The fraction of sp³-hybridized carbons (Fsp3) is 0.682. The van der Waals surface area contributed by atoms with Crippen molar-refractivity contribution in [2.75, 3.05) is 26.7 Å². The monoisotopic (exact) mass is 408 g/mol. The van der Waals surface area contributed by atoms with Crippen LogP contribution in [0.1, 0.15) is 59.9 Å². The maximum absolute atomic E-state index is 12.2. The van der Waals surface area contributed by atoms with Crippen LogP contribution in [0.5, 0.6) is 5.75 Å². The number of nitrogens with zero attached hydrogens (tertiary/aromatic N) is 1. The van der Waals surface area contributed by atoms with Gasteiger partial charge in [0.2, 0.25) is 0 Å². The minimum absolute atomic E-state index is 0.107. The summed E-state index contributed by atoms with van der Waals surface area (Å²) in [5.41, 5.74) is 0.955. The van der Waals surface area contributed by atoms with Gasteiger partial charge in [-0.05, 0) is 81.6 Å². The number of hydrogen-bond acceptors (Lipinski definition) is 5. The molecule has 0 aliphatic carbocycles. The van der Waals surface area contributed by atoms with E-state index in [9.17, 15) is 4.79 Å². The summed E-state index contributed by atoms with van der Waals surface area (Å²) in [6, 6.07) is 6.44. The van der Waals surface area contributed by atoms with Crippen LogP contribution in [0.2, 0.25) is 0 Å². The summed E-state index contributed by atoms with van der Waals surface area (Å²) in [6.45, 7) is 14.5. The Morgan fingerprint density at radius 3 is 2.36 bits per heavy atom. The van der Waals surface area contributed by atoms with Crippen LogP contribution >= 0.6 is 11.9 Å². The SMILES string of the molecule is CNSc1cc(C(C)(C)C)ccc1OCC1CCN(C(=O)OC(C)(C)C)CC1. The average molecular weight is 409 g/mol. The van der Waals surface area contributed by atoms with Gasteiger partial charge in [0.1, 0.15) is 11.4 Å². The molecule has 1 heterocycles. The largest absolute Gasteiger partial charge is 0.492 e. The second-order valence-electron chi connectivity index (χ2n) is 9.44. The molecule has 1 saturated heterocycles. The Morgan fingerprint density at radius 2 is 1.82 bits per heavy atom. The Hall–Kier alpha value is -1.40. The van der Waals surface area contributed by atoms with E-state index in [1.165, 1.54) is 5.56 Å². The van der Waals surface area contributed by atoms with E-state index in [1.807, 2.05) is 32.7 Å². The summed E-state index contributed by atoms with van der Waals surface area (Å²) >= 11 is 1.58. The van der Waals surface area contributed by atoms with Gasteiger partial charge >= 0.3 is 6.09 Å². The third-order valence-electron chi connectivity index (χ3n) is 4.76. The molecule has 0 saturated carbocycles. The fourth-order valence-electron chi connectivity index (χ4n) is 3.10. The molecule has 1 aliphatic heterocycles. The first kappa shape index (κ1) is 22.9. The smallest absolute Gasteiger partial charge is 0.410 e. The maximum atomic E-state index is 12.2. The van der Waals surface area contributed by atoms with Gasteiger partial charge in [-0.3, -0.25) is 4.72 Å². The quantitative estimate of drug-likeness (QED) is 0.676. The van der Waals surface area contributed by atoms with Crippen LogP contribution in [0, 0.1) is 5.92 Å². The number of ether oxygens (including phenoxy) is 2. The summed E-state index contributed by atoms with van der Waals surface area (Å²) in [7, 11) is 1.92. The van der Waals surface area contributed by atoms with Crippen LogP contribution in [-0.2, 0) is 10.2 Å². The highest BCUT2D eigenvalue weighted by Gasteiger charge is 2.27. The standard InChI is InChI=1S/C22H36N2O3S/c1-21(2,3)17-8-9-18(19(14-17)28-23-7)26-15-16-10-12-24(13-11-16)20(25)27-22(4,5)6/h8-9,14,16,23H,10-13,15H2,1-7H3. The van der Waals surface area contributed by atoms with Crippen LogP contribution in [0.3, 0.4) is 0 Å². The lowest BCUT2D eigenvalue weighted by atomic mass is 9.87. The van der Waals surface area contributed by atoms with Gasteiger partial charge in [-0.2, -0.15) is 0 Å². The van der Waals surface area contributed by atoms with Gasteiger partial charge in [-0.1, -0.05) is 26.8 Å². The molecule has 1 N–H and O–H groups in total. The van der Waals surface area contributed by atoms with Crippen molar-refractivity contribution < 1.29 is 14.3 Å². The van der Waals surface area contributed by atoms with E-state index in [0.717, 1.165) is 36.6 Å². The van der Waals surface area contributed by atoms with Crippen molar-refractivity contribution in [2.45, 2.75) is 70.3 Å². The zero-order valence-corrected chi connectivity index (χ0v) is 19.2. The summed E-state index contributed by atoms with van der Waals surface area (Å²) < 4.78 is 14.8. The number of amides is 1. The van der Waals surface area contributed by atoms with Gasteiger partial charge in [0.25, 0.3) is 0 Å². The van der Waals surface area contributed by atoms with E-state index >= 15 is 0 Å². The predicted molar refractivity (Wildman–Crippen MR) is 116 cm³/mol. The molecule has 28 heavy (non-hydrogen) atoms. The molecule has 0 aromatic heterocycles. The number of nitrogens with one attached hydrogen (secondary N) is 1. The number of benzene rings is 1. The third kappa shape index (κ3) is 6.89. The first-order valence-corrected chi connectivity index (χ1v) is 10.9. The van der Waals surface area contributed by atoms with Gasteiger partial charge in [-0.15, -0.1) is 0 Å². The Bertz CT molecular complexity index is 657. The van der Waals surface area contributed by atoms with E-state index in [2.05, 4.69) is 43.7 Å². The van der Waals surface area contributed by atoms with Gasteiger partial charge in [0, 0.05) is 13.1 Å². The molecule has 1 aliphatic rings. The molecule has 0 bridgehead atoms. The number of likely N-dealkylation sites (tertiary alicyclic amines) is 1. The normalized spacial score (nSPS) is 16.2. The first-order valence-electron chi connectivity index (χ1n) is 10.1. The van der Waals surface area contributed by atoms with Crippen molar-refractivity contribution in [1.82, 2.24) is 9.62 Å². The average Bonchev–Trinajstić information content (AvgIpc) is 2.59. The molecule has 6 heteroatoms. The van der Waals surface area contributed by atoms with Crippen LogP contribution in [-0.4, -0.2) is 43.3 Å². The van der Waals surface area contributed by atoms with Crippen LogP contribution < -0.4 is 9.46 Å². The summed E-state index contributed by atoms with van der Waals surface area (Å²) in [5.74, 6) is 1.37. The summed E-state index contributed by atoms with van der Waals surface area (Å²) in [6.07, 6.45) is 1.67. The van der Waals surface area contributed by atoms with Crippen LogP contribution in [0.15, 0.2) is 23.1 Å². The minimum Gasteiger partial charge on any atom is -0.492 e. The van der Waals surface area contributed by atoms with Crippen molar-refractivity contribution >= 4 is 18.0 Å². The molecule has 0 unspecified atom stereocenters. The summed E-state index contributed by atoms with van der Waals surface area (Å²) in [4.78, 5) is 15.1. The van der Waals surface area contributed by atoms with E-state index in [0.29, 0.717) is 12.5 Å². The van der Waals surface area contributed by atoms with Crippen LogP contribution in [0.4, 0.5) is 4.79 Å². The second kappa shape index (κ2) is 9.40. The highest BCUT2D eigenvalue weighted by molar-refractivity contribution is 7.97. The van der Waals surface area contributed by atoms with E-state index in [4.69, 9.17) is 9.47 Å². The van der Waals surface area contributed by atoms with E-state index in [1.54, 1.807) is 11.9 Å². The van der Waals surface area contributed by atoms with E-state index in [-0.39, 0.29) is 11.5 Å². The van der Waals surface area contributed by atoms with E-state index < -0.39 is 5.60 Å². The predicted octanol–water partition coefficient (Wildman–Crippen LogP) is 5.24. The number of carbonyl (C=O) groups excluding carboxylic acids is 1. The van der Waals surface area contributed by atoms with Crippen molar-refractivity contribution in [3.63, 3.8) is 0 Å². The topological polar surface area (TPSA) is 50.8 Å². The number of rotatable bonds is 5. The fourth-order valence-corrected chi connectivity index (χ4v) is 3.73. The zero-order chi connectivity index (χ0) is 20.9. The maximum Gasteiger partial charge on any atom is 0.410 e. The molecule has 5 nitrogen and oxygen atoms in total. The molecular weight excluding hydrogens is 372 g/mol. The molecule has 1 aromatic carbocycles. The molecular formula is C22H36N2O3S. The minimum atomic E-state index is -0.447. The Balaban J connectivity index is 1.90. The number of carbonyl (C=O) groups is 1. The van der Waals surface area contributed by atoms with Gasteiger partial charge in [-0.25, -0.2) is 4.79 Å². The second-order valence-corrected chi connectivity index (χ2v) is 10.5. The van der Waals surface area contributed by atoms with Crippen molar-refractivity contribution in [1.29, 1.82) is 0 Å². The molecule has 1 fully saturated rings. The molecule has 0 atom stereocenters. The lowest BCUT2D eigenvalue weighted by Gasteiger charge is -2.33. The third-order valence-corrected chi connectivity index (χ3v) is 5.51. The molecule has 2 rings (SSSR count). The molecule has 158 valence electrons. The number of hydrogen-bond donors (Lipinski definition) is 1. The van der Waals surface area contributed by atoms with Crippen molar-refractivity contribution in [2.24, 2.45) is 5.92 Å². The van der Waals surface area contributed by atoms with Crippen LogP contribution in [0.25, 0.3) is 0 Å². The van der Waals surface area contributed by atoms with Crippen molar-refractivity contribution in [3.8, 4) is 5.75 Å². The summed E-state index contributed by atoms with van der Waals surface area (Å²) in [5, 5.41) is 0. The van der Waals surface area contributed by atoms with Gasteiger partial charge < -0.3 is 14.4 Å². The highest BCUT2D eigenvalue weighted by Crippen LogP contribution is 2.33. The first-order chi connectivity index (χ1) is 13.0. The van der Waals surface area contributed by atoms with Gasteiger partial charge in [0.15, 0.2) is 0 Å². The van der Waals surface area contributed by atoms with Gasteiger partial charge in [0.05, 0.1) is 11.5 Å². The highest BCUT2D eigenvalue weighted by atomic mass is 32.2. The lowest BCUT2D eigenvalue weighted by Crippen LogP contribution is -2.42. The Kier molecular flexibility index (Phi) is 7.68. The molecule has 1 amide bonds.